The standard InChI is InChI=1S/C13H27NO2/c1-10(2)7-8-11(3)14-9-12(15)16-13(4,5)6/h10-11,14H,7-9H2,1-6H3. The third-order valence-corrected chi connectivity index (χ3v) is 2.19. The van der Waals surface area contributed by atoms with Crippen LogP contribution in [0, 0.1) is 5.92 Å². The average molecular weight is 229 g/mol. The van der Waals surface area contributed by atoms with Crippen molar-refractivity contribution in [1.82, 2.24) is 5.32 Å². The van der Waals surface area contributed by atoms with Crippen LogP contribution in [0.25, 0.3) is 0 Å². The Kier molecular flexibility index (Phi) is 6.65. The second-order valence-electron chi connectivity index (χ2n) is 5.84. The van der Waals surface area contributed by atoms with E-state index in [1.54, 1.807) is 0 Å². The van der Waals surface area contributed by atoms with Gasteiger partial charge in [-0.05, 0) is 46.5 Å². The molecule has 3 nitrogen and oxygen atoms in total. The molecule has 0 aliphatic rings. The Labute approximate surface area is 99.9 Å². The molecule has 1 N–H and O–H groups in total. The normalized spacial score (nSPS) is 13.9. The van der Waals surface area contributed by atoms with Gasteiger partial charge in [0.05, 0.1) is 6.54 Å². The van der Waals surface area contributed by atoms with Crippen molar-refractivity contribution in [3.05, 3.63) is 0 Å². The molecule has 3 heteroatoms. The molecule has 0 aromatic heterocycles. The summed E-state index contributed by atoms with van der Waals surface area (Å²) in [6, 6.07) is 0.370. The molecule has 0 fully saturated rings. The summed E-state index contributed by atoms with van der Waals surface area (Å²) in [7, 11) is 0. The lowest BCUT2D eigenvalue weighted by atomic mass is 10.0. The van der Waals surface area contributed by atoms with Crippen molar-refractivity contribution in [1.29, 1.82) is 0 Å². The maximum Gasteiger partial charge on any atom is 0.320 e. The van der Waals surface area contributed by atoms with Gasteiger partial charge in [-0.25, -0.2) is 0 Å². The van der Waals surface area contributed by atoms with Crippen molar-refractivity contribution in [3.8, 4) is 0 Å². The molecule has 0 saturated heterocycles. The van der Waals surface area contributed by atoms with E-state index in [1.807, 2.05) is 20.8 Å². The zero-order chi connectivity index (χ0) is 12.8. The van der Waals surface area contributed by atoms with Gasteiger partial charge in [-0.2, -0.15) is 0 Å². The highest BCUT2D eigenvalue weighted by molar-refractivity contribution is 5.72. The van der Waals surface area contributed by atoms with E-state index in [-0.39, 0.29) is 11.6 Å². The van der Waals surface area contributed by atoms with Gasteiger partial charge in [0.1, 0.15) is 5.60 Å². The molecular formula is C13H27NO2. The molecular weight excluding hydrogens is 202 g/mol. The van der Waals surface area contributed by atoms with Gasteiger partial charge in [-0.3, -0.25) is 4.79 Å². The molecule has 0 aromatic rings. The number of hydrogen-bond acceptors (Lipinski definition) is 3. The van der Waals surface area contributed by atoms with Gasteiger partial charge in [-0.1, -0.05) is 13.8 Å². The van der Waals surface area contributed by atoms with Gasteiger partial charge in [0, 0.05) is 6.04 Å². The Hall–Kier alpha value is -0.570. The highest BCUT2D eigenvalue weighted by atomic mass is 16.6. The Morgan fingerprint density at radius 3 is 2.19 bits per heavy atom. The van der Waals surface area contributed by atoms with Gasteiger partial charge in [0.2, 0.25) is 0 Å². The maximum absolute atomic E-state index is 11.4. The predicted molar refractivity (Wildman–Crippen MR) is 67.4 cm³/mol. The van der Waals surface area contributed by atoms with E-state index >= 15 is 0 Å². The molecule has 0 aliphatic carbocycles. The fourth-order valence-electron chi connectivity index (χ4n) is 1.32. The second kappa shape index (κ2) is 6.89. The fraction of sp³-hybridized carbons (Fsp3) is 0.923. The summed E-state index contributed by atoms with van der Waals surface area (Å²) < 4.78 is 5.21. The molecule has 1 unspecified atom stereocenters. The highest BCUT2D eigenvalue weighted by Gasteiger charge is 2.16. The van der Waals surface area contributed by atoms with E-state index in [0.29, 0.717) is 18.5 Å². The molecule has 0 amide bonds. The topological polar surface area (TPSA) is 38.3 Å². The third kappa shape index (κ3) is 9.97. The first-order valence-electron chi connectivity index (χ1n) is 6.16. The van der Waals surface area contributed by atoms with Crippen LogP contribution in [-0.4, -0.2) is 24.2 Å². The summed E-state index contributed by atoms with van der Waals surface area (Å²) in [6.45, 7) is 12.5. The lowest BCUT2D eigenvalue weighted by molar-refractivity contribution is -0.153. The van der Waals surface area contributed by atoms with Gasteiger partial charge in [0.25, 0.3) is 0 Å². The molecule has 0 spiro atoms. The van der Waals surface area contributed by atoms with E-state index in [9.17, 15) is 4.79 Å². The molecule has 96 valence electrons. The zero-order valence-electron chi connectivity index (χ0n) is 11.6. The molecule has 0 rings (SSSR count). The summed E-state index contributed by atoms with van der Waals surface area (Å²) in [5.74, 6) is 0.537. The highest BCUT2D eigenvalue weighted by Crippen LogP contribution is 2.08. The lowest BCUT2D eigenvalue weighted by Gasteiger charge is -2.21. The number of carbonyl (C=O) groups is 1. The Morgan fingerprint density at radius 2 is 1.75 bits per heavy atom. The Morgan fingerprint density at radius 1 is 1.19 bits per heavy atom. The van der Waals surface area contributed by atoms with E-state index in [4.69, 9.17) is 4.74 Å². The summed E-state index contributed by atoms with van der Waals surface area (Å²) >= 11 is 0. The van der Waals surface area contributed by atoms with Gasteiger partial charge >= 0.3 is 5.97 Å². The number of esters is 1. The van der Waals surface area contributed by atoms with Crippen molar-refractivity contribution in [2.75, 3.05) is 6.54 Å². The molecule has 16 heavy (non-hydrogen) atoms. The molecule has 1 atom stereocenters. The minimum Gasteiger partial charge on any atom is -0.459 e. The van der Waals surface area contributed by atoms with Crippen LogP contribution in [0.15, 0.2) is 0 Å². The minimum absolute atomic E-state index is 0.177. The van der Waals surface area contributed by atoms with Crippen molar-refractivity contribution < 1.29 is 9.53 Å². The van der Waals surface area contributed by atoms with Crippen molar-refractivity contribution in [2.45, 2.75) is 66.0 Å². The summed E-state index contributed by atoms with van der Waals surface area (Å²) in [5, 5.41) is 3.19. The SMILES string of the molecule is CC(C)CCC(C)NCC(=O)OC(C)(C)C. The van der Waals surface area contributed by atoms with E-state index in [0.717, 1.165) is 6.42 Å². The number of nitrogens with one attached hydrogen (secondary N) is 1. The second-order valence-corrected chi connectivity index (χ2v) is 5.84. The first-order valence-corrected chi connectivity index (χ1v) is 6.16. The Balaban J connectivity index is 3.67. The van der Waals surface area contributed by atoms with E-state index < -0.39 is 0 Å². The van der Waals surface area contributed by atoms with E-state index in [2.05, 4.69) is 26.1 Å². The van der Waals surface area contributed by atoms with Gasteiger partial charge in [0.15, 0.2) is 0 Å². The molecule has 0 aromatic carbocycles. The summed E-state index contributed by atoms with van der Waals surface area (Å²) in [6.07, 6.45) is 2.28. The largest absolute Gasteiger partial charge is 0.459 e. The molecule has 0 saturated carbocycles. The first-order chi connectivity index (χ1) is 7.20. The minimum atomic E-state index is -0.389. The quantitative estimate of drug-likeness (QED) is 0.712. The van der Waals surface area contributed by atoms with Crippen molar-refractivity contribution in [2.24, 2.45) is 5.92 Å². The smallest absolute Gasteiger partial charge is 0.320 e. The maximum atomic E-state index is 11.4. The summed E-state index contributed by atoms with van der Waals surface area (Å²) in [4.78, 5) is 11.4. The summed E-state index contributed by atoms with van der Waals surface area (Å²) in [5.41, 5.74) is -0.389. The fourth-order valence-corrected chi connectivity index (χ4v) is 1.32. The number of rotatable bonds is 6. The van der Waals surface area contributed by atoms with Crippen LogP contribution in [0.5, 0.6) is 0 Å². The van der Waals surface area contributed by atoms with E-state index in [1.165, 1.54) is 6.42 Å². The lowest BCUT2D eigenvalue weighted by Crippen LogP contribution is -2.35. The van der Waals surface area contributed by atoms with Crippen LogP contribution in [0.1, 0.15) is 54.4 Å². The average Bonchev–Trinajstić information content (AvgIpc) is 2.08. The number of hydrogen-bond donors (Lipinski definition) is 1. The van der Waals surface area contributed by atoms with Crippen LogP contribution >= 0.6 is 0 Å². The van der Waals surface area contributed by atoms with Crippen LogP contribution < -0.4 is 5.32 Å². The molecule has 0 aliphatic heterocycles. The third-order valence-electron chi connectivity index (χ3n) is 2.19. The van der Waals surface area contributed by atoms with Gasteiger partial charge < -0.3 is 10.1 Å². The number of ether oxygens (including phenoxy) is 1. The monoisotopic (exact) mass is 229 g/mol. The van der Waals surface area contributed by atoms with Crippen LogP contribution in [0.3, 0.4) is 0 Å². The molecule has 0 radical (unpaired) electrons. The van der Waals surface area contributed by atoms with Crippen LogP contribution in [0.2, 0.25) is 0 Å². The van der Waals surface area contributed by atoms with Gasteiger partial charge in [-0.15, -0.1) is 0 Å². The Bertz CT molecular complexity index is 206. The molecule has 0 bridgehead atoms. The first kappa shape index (κ1) is 15.4. The van der Waals surface area contributed by atoms with Crippen LogP contribution in [0.4, 0.5) is 0 Å². The molecule has 0 heterocycles. The van der Waals surface area contributed by atoms with Crippen LogP contribution in [-0.2, 0) is 9.53 Å². The predicted octanol–water partition coefficient (Wildman–Crippen LogP) is 2.74. The van der Waals surface area contributed by atoms with Crippen molar-refractivity contribution >= 4 is 5.97 Å². The van der Waals surface area contributed by atoms with Crippen molar-refractivity contribution in [3.63, 3.8) is 0 Å². The number of carbonyl (C=O) groups excluding carboxylic acids is 1. The zero-order valence-corrected chi connectivity index (χ0v) is 11.6.